The largest absolute Gasteiger partial charge is 0.368 e. The first kappa shape index (κ1) is 18.9. The molecule has 2 aliphatic rings. The lowest BCUT2D eigenvalue weighted by Gasteiger charge is -2.37. The van der Waals surface area contributed by atoms with Crippen molar-refractivity contribution >= 4 is 23.2 Å². The van der Waals surface area contributed by atoms with E-state index in [1.165, 1.54) is 12.1 Å². The zero-order valence-corrected chi connectivity index (χ0v) is 15.9. The van der Waals surface area contributed by atoms with E-state index in [4.69, 9.17) is 5.26 Å². The minimum atomic E-state index is -0.999. The van der Waals surface area contributed by atoms with Gasteiger partial charge in [-0.2, -0.15) is 5.26 Å². The zero-order valence-electron chi connectivity index (χ0n) is 15.9. The van der Waals surface area contributed by atoms with Crippen LogP contribution in [0.25, 0.3) is 0 Å². The molecule has 1 aliphatic heterocycles. The molecule has 1 saturated carbocycles. The van der Waals surface area contributed by atoms with Crippen LogP contribution in [0.2, 0.25) is 0 Å². The number of nitriles is 1. The van der Waals surface area contributed by atoms with Gasteiger partial charge in [-0.05, 0) is 55.3 Å². The van der Waals surface area contributed by atoms with Crippen LogP contribution in [0, 0.1) is 22.6 Å². The molecule has 2 aromatic rings. The number of rotatable bonds is 4. The average Bonchev–Trinajstić information content (AvgIpc) is 3.56. The van der Waals surface area contributed by atoms with Gasteiger partial charge in [0.2, 0.25) is 11.8 Å². The van der Waals surface area contributed by atoms with Crippen molar-refractivity contribution in [3.05, 3.63) is 59.9 Å². The third kappa shape index (κ3) is 3.79. The zero-order chi connectivity index (χ0) is 20.4. The first-order chi connectivity index (χ1) is 14.0. The first-order valence-corrected chi connectivity index (χ1v) is 9.63. The molecule has 0 atom stereocenters. The first-order valence-electron chi connectivity index (χ1n) is 9.63. The molecule has 0 radical (unpaired) electrons. The summed E-state index contributed by atoms with van der Waals surface area (Å²) in [5.74, 6) is -0.715. The van der Waals surface area contributed by atoms with Crippen LogP contribution in [0.5, 0.6) is 0 Å². The van der Waals surface area contributed by atoms with Crippen molar-refractivity contribution in [2.75, 3.05) is 36.4 Å². The van der Waals surface area contributed by atoms with Crippen molar-refractivity contribution in [2.24, 2.45) is 5.41 Å². The highest BCUT2D eigenvalue weighted by Gasteiger charge is 2.58. The molecular formula is C22H21FN4O2. The quantitative estimate of drug-likeness (QED) is 0.812. The summed E-state index contributed by atoms with van der Waals surface area (Å²) in [6.45, 7) is 2.32. The highest BCUT2D eigenvalue weighted by atomic mass is 19.1. The Balaban J connectivity index is 1.38. The minimum Gasteiger partial charge on any atom is -0.368 e. The van der Waals surface area contributed by atoms with Gasteiger partial charge in [0, 0.05) is 37.6 Å². The average molecular weight is 392 g/mol. The van der Waals surface area contributed by atoms with Crippen LogP contribution in [0.1, 0.15) is 18.4 Å². The SMILES string of the molecule is N#Cc1cccc(NC(=O)C2(C(=O)N3CCN(c4ccc(F)cc4)CC3)CC2)c1. The Morgan fingerprint density at radius 1 is 1.03 bits per heavy atom. The van der Waals surface area contributed by atoms with Crippen LogP contribution in [0.15, 0.2) is 48.5 Å². The Morgan fingerprint density at radius 3 is 2.34 bits per heavy atom. The number of carbonyl (C=O) groups excluding carboxylic acids is 2. The lowest BCUT2D eigenvalue weighted by atomic mass is 10.0. The number of nitrogens with one attached hydrogen (secondary N) is 1. The van der Waals surface area contributed by atoms with E-state index in [0.717, 1.165) is 5.69 Å². The summed E-state index contributed by atoms with van der Waals surface area (Å²) < 4.78 is 13.1. The molecule has 1 heterocycles. The Kier molecular flexibility index (Phi) is 4.93. The number of carbonyl (C=O) groups is 2. The molecule has 1 saturated heterocycles. The number of hydrogen-bond acceptors (Lipinski definition) is 4. The molecule has 6 nitrogen and oxygen atoms in total. The van der Waals surface area contributed by atoms with Crippen LogP contribution in [0.4, 0.5) is 15.8 Å². The number of hydrogen-bond donors (Lipinski definition) is 1. The van der Waals surface area contributed by atoms with Crippen molar-refractivity contribution in [2.45, 2.75) is 12.8 Å². The molecule has 0 aromatic heterocycles. The molecule has 1 aliphatic carbocycles. The van der Waals surface area contributed by atoms with Gasteiger partial charge >= 0.3 is 0 Å². The van der Waals surface area contributed by atoms with Crippen LogP contribution in [0.3, 0.4) is 0 Å². The number of halogens is 1. The van der Waals surface area contributed by atoms with Gasteiger partial charge in [0.15, 0.2) is 0 Å². The minimum absolute atomic E-state index is 0.134. The summed E-state index contributed by atoms with van der Waals surface area (Å²) in [6.07, 6.45) is 1.07. The number of benzene rings is 2. The molecule has 2 aromatic carbocycles. The Hall–Kier alpha value is -3.40. The molecule has 0 spiro atoms. The summed E-state index contributed by atoms with van der Waals surface area (Å²) in [5, 5.41) is 11.8. The van der Waals surface area contributed by atoms with Crippen molar-refractivity contribution < 1.29 is 14.0 Å². The van der Waals surface area contributed by atoms with Crippen molar-refractivity contribution in [3.8, 4) is 6.07 Å². The van der Waals surface area contributed by atoms with E-state index in [0.29, 0.717) is 50.3 Å². The number of amides is 2. The lowest BCUT2D eigenvalue weighted by molar-refractivity contribution is -0.142. The fraction of sp³-hybridized carbons (Fsp3) is 0.318. The topological polar surface area (TPSA) is 76.4 Å². The molecule has 1 N–H and O–H groups in total. The van der Waals surface area contributed by atoms with Crippen LogP contribution >= 0.6 is 0 Å². The number of piperazine rings is 1. The maximum Gasteiger partial charge on any atom is 0.240 e. The normalized spacial score (nSPS) is 17.4. The highest BCUT2D eigenvalue weighted by molar-refractivity contribution is 6.13. The molecule has 0 unspecified atom stereocenters. The van der Waals surface area contributed by atoms with E-state index in [9.17, 15) is 14.0 Å². The molecule has 4 rings (SSSR count). The van der Waals surface area contributed by atoms with Gasteiger partial charge in [-0.25, -0.2) is 4.39 Å². The molecule has 29 heavy (non-hydrogen) atoms. The fourth-order valence-electron chi connectivity index (χ4n) is 3.70. The molecule has 7 heteroatoms. The Labute approximate surface area is 168 Å². The van der Waals surface area contributed by atoms with E-state index in [2.05, 4.69) is 10.2 Å². The maximum absolute atomic E-state index is 13.1. The third-order valence-corrected chi connectivity index (χ3v) is 5.60. The summed E-state index contributed by atoms with van der Waals surface area (Å²) in [5.41, 5.74) is 0.903. The highest BCUT2D eigenvalue weighted by Crippen LogP contribution is 2.48. The smallest absolute Gasteiger partial charge is 0.240 e. The number of anilines is 2. The predicted molar refractivity (Wildman–Crippen MR) is 107 cm³/mol. The summed E-state index contributed by atoms with van der Waals surface area (Å²) >= 11 is 0. The van der Waals surface area contributed by atoms with E-state index < -0.39 is 5.41 Å². The molecule has 148 valence electrons. The molecule has 0 bridgehead atoms. The van der Waals surface area contributed by atoms with E-state index in [1.807, 2.05) is 6.07 Å². The van der Waals surface area contributed by atoms with Gasteiger partial charge in [0.25, 0.3) is 0 Å². The van der Waals surface area contributed by atoms with Gasteiger partial charge in [-0.1, -0.05) is 6.07 Å². The fourth-order valence-corrected chi connectivity index (χ4v) is 3.70. The second kappa shape index (κ2) is 7.55. The molecule has 2 amide bonds. The second-order valence-electron chi connectivity index (χ2n) is 7.48. The standard InChI is InChI=1S/C22H21FN4O2/c23-17-4-6-19(7-5-17)26-10-12-27(13-11-26)21(29)22(8-9-22)20(28)25-18-3-1-2-16(14-18)15-24/h1-7,14H,8-13H2,(H,25,28). The van der Waals surface area contributed by atoms with Crippen LogP contribution in [-0.4, -0.2) is 42.9 Å². The second-order valence-corrected chi connectivity index (χ2v) is 7.48. The van der Waals surface area contributed by atoms with Gasteiger partial charge in [-0.15, -0.1) is 0 Å². The summed E-state index contributed by atoms with van der Waals surface area (Å²) in [4.78, 5) is 29.7. The monoisotopic (exact) mass is 392 g/mol. The molecule has 2 fully saturated rings. The van der Waals surface area contributed by atoms with Crippen LogP contribution < -0.4 is 10.2 Å². The van der Waals surface area contributed by atoms with Gasteiger partial charge in [-0.3, -0.25) is 9.59 Å². The van der Waals surface area contributed by atoms with E-state index in [-0.39, 0.29) is 17.6 Å². The molecular weight excluding hydrogens is 371 g/mol. The van der Waals surface area contributed by atoms with Gasteiger partial charge < -0.3 is 15.1 Å². The van der Waals surface area contributed by atoms with E-state index in [1.54, 1.807) is 41.3 Å². The van der Waals surface area contributed by atoms with Crippen molar-refractivity contribution in [1.29, 1.82) is 5.26 Å². The number of nitrogens with zero attached hydrogens (tertiary/aromatic N) is 3. The van der Waals surface area contributed by atoms with Gasteiger partial charge in [0.1, 0.15) is 11.2 Å². The summed E-state index contributed by atoms with van der Waals surface area (Å²) in [6, 6.07) is 15.0. The maximum atomic E-state index is 13.1. The van der Waals surface area contributed by atoms with E-state index >= 15 is 0 Å². The Morgan fingerprint density at radius 2 is 1.72 bits per heavy atom. The van der Waals surface area contributed by atoms with Crippen molar-refractivity contribution in [1.82, 2.24) is 4.90 Å². The van der Waals surface area contributed by atoms with Crippen molar-refractivity contribution in [3.63, 3.8) is 0 Å². The summed E-state index contributed by atoms with van der Waals surface area (Å²) in [7, 11) is 0. The van der Waals surface area contributed by atoms with Crippen LogP contribution in [-0.2, 0) is 9.59 Å². The Bertz CT molecular complexity index is 971. The third-order valence-electron chi connectivity index (χ3n) is 5.60. The lowest BCUT2D eigenvalue weighted by Crippen LogP contribution is -2.52. The predicted octanol–water partition coefficient (Wildman–Crippen LogP) is 2.76. The van der Waals surface area contributed by atoms with Gasteiger partial charge in [0.05, 0.1) is 11.6 Å².